The molecule has 0 unspecified atom stereocenters. The van der Waals surface area contributed by atoms with Gasteiger partial charge in [0.1, 0.15) is 12.1 Å². The van der Waals surface area contributed by atoms with E-state index in [0.29, 0.717) is 19.4 Å². The first kappa shape index (κ1) is 8.83. The molecule has 12 heavy (non-hydrogen) atoms. The first-order chi connectivity index (χ1) is 5.74. The van der Waals surface area contributed by atoms with Crippen LogP contribution in [0.15, 0.2) is 5.11 Å². The van der Waals surface area contributed by atoms with Crippen LogP contribution in [-0.4, -0.2) is 24.7 Å². The van der Waals surface area contributed by atoms with E-state index in [1.54, 1.807) is 0 Å². The summed E-state index contributed by atoms with van der Waals surface area (Å²) in [7, 11) is 0. The third-order valence-electron chi connectivity index (χ3n) is 1.72. The van der Waals surface area contributed by atoms with Crippen molar-refractivity contribution >= 4 is 5.97 Å². The Balaban J connectivity index is 2.27. The molecule has 0 spiro atoms. The van der Waals surface area contributed by atoms with Gasteiger partial charge in [0, 0.05) is 17.9 Å². The van der Waals surface area contributed by atoms with Crippen molar-refractivity contribution in [2.24, 2.45) is 10.8 Å². The number of rotatable bonds is 3. The summed E-state index contributed by atoms with van der Waals surface area (Å²) in [4.78, 5) is 13.4. The summed E-state index contributed by atoms with van der Waals surface area (Å²) in [5.74, 6) is -0.360. The van der Waals surface area contributed by atoms with E-state index in [-0.39, 0.29) is 12.1 Å². The van der Waals surface area contributed by atoms with Crippen molar-refractivity contribution in [1.82, 2.24) is 0 Å². The minimum atomic E-state index is -0.499. The number of nitrogens with zero attached hydrogens (tertiary/aromatic N) is 3. The molecular formula is C6H10N4O2. The average Bonchev–Trinajstić information content (AvgIpc) is 2.32. The highest BCUT2D eigenvalue weighted by Crippen LogP contribution is 2.15. The summed E-state index contributed by atoms with van der Waals surface area (Å²) in [5.41, 5.74) is 13.4. The van der Waals surface area contributed by atoms with E-state index in [4.69, 9.17) is 16.0 Å². The van der Waals surface area contributed by atoms with Gasteiger partial charge in [0.05, 0.1) is 0 Å². The van der Waals surface area contributed by atoms with Gasteiger partial charge >= 0.3 is 5.97 Å². The SMILES string of the molecule is [N-]=[N+]=NCC[C@@H]1C[C@H](N)C(=O)O1. The molecule has 0 aliphatic carbocycles. The summed E-state index contributed by atoms with van der Waals surface area (Å²) < 4.78 is 4.87. The number of carbonyl (C=O) groups is 1. The van der Waals surface area contributed by atoms with Gasteiger partial charge in [-0.1, -0.05) is 5.11 Å². The van der Waals surface area contributed by atoms with Crippen LogP contribution >= 0.6 is 0 Å². The summed E-state index contributed by atoms with van der Waals surface area (Å²) in [6.45, 7) is 0.348. The van der Waals surface area contributed by atoms with Crippen molar-refractivity contribution in [1.29, 1.82) is 0 Å². The molecule has 6 heteroatoms. The zero-order valence-electron chi connectivity index (χ0n) is 6.51. The van der Waals surface area contributed by atoms with Crippen molar-refractivity contribution in [3.05, 3.63) is 10.4 Å². The first-order valence-corrected chi connectivity index (χ1v) is 3.71. The van der Waals surface area contributed by atoms with Gasteiger partial charge in [-0.2, -0.15) is 0 Å². The maximum atomic E-state index is 10.8. The van der Waals surface area contributed by atoms with E-state index in [1.807, 2.05) is 0 Å². The van der Waals surface area contributed by atoms with E-state index >= 15 is 0 Å². The Kier molecular flexibility index (Phi) is 2.90. The maximum absolute atomic E-state index is 10.8. The third kappa shape index (κ3) is 2.11. The van der Waals surface area contributed by atoms with Crippen LogP contribution < -0.4 is 5.73 Å². The number of cyclic esters (lactones) is 1. The number of hydrogen-bond acceptors (Lipinski definition) is 4. The molecule has 0 saturated carbocycles. The van der Waals surface area contributed by atoms with Crippen molar-refractivity contribution in [3.63, 3.8) is 0 Å². The van der Waals surface area contributed by atoms with E-state index in [1.165, 1.54) is 0 Å². The fraction of sp³-hybridized carbons (Fsp3) is 0.833. The van der Waals surface area contributed by atoms with Crippen LogP contribution in [0.3, 0.4) is 0 Å². The molecule has 0 amide bonds. The van der Waals surface area contributed by atoms with Gasteiger partial charge in [-0.3, -0.25) is 4.79 Å². The Bertz CT molecular complexity index is 224. The quantitative estimate of drug-likeness (QED) is 0.286. The highest BCUT2D eigenvalue weighted by Gasteiger charge is 2.30. The van der Waals surface area contributed by atoms with E-state index < -0.39 is 6.04 Å². The van der Waals surface area contributed by atoms with Gasteiger partial charge in [0.2, 0.25) is 0 Å². The Morgan fingerprint density at radius 3 is 3.08 bits per heavy atom. The zero-order chi connectivity index (χ0) is 8.97. The molecule has 1 saturated heterocycles. The molecule has 2 N–H and O–H groups in total. The second kappa shape index (κ2) is 3.94. The lowest BCUT2D eigenvalue weighted by molar-refractivity contribution is -0.142. The Hall–Kier alpha value is -1.26. The molecule has 0 bridgehead atoms. The molecule has 2 atom stereocenters. The smallest absolute Gasteiger partial charge is 0.323 e. The highest BCUT2D eigenvalue weighted by atomic mass is 16.6. The van der Waals surface area contributed by atoms with Gasteiger partial charge in [0.15, 0.2) is 0 Å². The number of nitrogens with two attached hydrogens (primary N) is 1. The summed E-state index contributed by atoms with van der Waals surface area (Å²) in [5, 5.41) is 3.33. The first-order valence-electron chi connectivity index (χ1n) is 3.71. The largest absolute Gasteiger partial charge is 0.461 e. The molecule has 0 aromatic rings. The molecule has 1 aliphatic heterocycles. The van der Waals surface area contributed by atoms with Crippen LogP contribution in [0.2, 0.25) is 0 Å². The molecular weight excluding hydrogens is 160 g/mol. The molecule has 1 fully saturated rings. The summed E-state index contributed by atoms with van der Waals surface area (Å²) >= 11 is 0. The standard InChI is InChI=1S/C6H10N4O2/c7-5-3-4(12-6(5)11)1-2-9-10-8/h4-5H,1-3,7H2/t4-,5+/m1/s1. The topological polar surface area (TPSA) is 101 Å². The zero-order valence-corrected chi connectivity index (χ0v) is 6.51. The Labute approximate surface area is 69.3 Å². The van der Waals surface area contributed by atoms with Crippen molar-refractivity contribution in [3.8, 4) is 0 Å². The predicted octanol–water partition coefficient (Wildman–Crippen LogP) is 0.330. The van der Waals surface area contributed by atoms with Crippen molar-refractivity contribution in [2.45, 2.75) is 25.0 Å². The van der Waals surface area contributed by atoms with E-state index in [0.717, 1.165) is 0 Å². The second-order valence-electron chi connectivity index (χ2n) is 2.64. The fourth-order valence-corrected chi connectivity index (χ4v) is 1.10. The maximum Gasteiger partial charge on any atom is 0.323 e. The minimum absolute atomic E-state index is 0.169. The fourth-order valence-electron chi connectivity index (χ4n) is 1.10. The Morgan fingerprint density at radius 2 is 2.58 bits per heavy atom. The predicted molar refractivity (Wildman–Crippen MR) is 41.1 cm³/mol. The van der Waals surface area contributed by atoms with Crippen LogP contribution in [0.25, 0.3) is 10.4 Å². The number of ether oxygens (including phenoxy) is 1. The van der Waals surface area contributed by atoms with E-state index in [2.05, 4.69) is 10.0 Å². The van der Waals surface area contributed by atoms with Crippen LogP contribution in [0.5, 0.6) is 0 Å². The average molecular weight is 170 g/mol. The van der Waals surface area contributed by atoms with Gasteiger partial charge in [-0.05, 0) is 12.0 Å². The molecule has 1 heterocycles. The van der Waals surface area contributed by atoms with Crippen molar-refractivity contribution < 1.29 is 9.53 Å². The normalized spacial score (nSPS) is 27.9. The van der Waals surface area contributed by atoms with Crippen LogP contribution in [0, 0.1) is 0 Å². The van der Waals surface area contributed by atoms with Crippen LogP contribution in [0.4, 0.5) is 0 Å². The highest BCUT2D eigenvalue weighted by molar-refractivity contribution is 5.77. The Morgan fingerprint density at radius 1 is 1.83 bits per heavy atom. The van der Waals surface area contributed by atoms with Crippen LogP contribution in [0.1, 0.15) is 12.8 Å². The molecule has 1 aliphatic rings. The molecule has 0 radical (unpaired) electrons. The second-order valence-corrected chi connectivity index (χ2v) is 2.64. The molecule has 1 rings (SSSR count). The van der Waals surface area contributed by atoms with E-state index in [9.17, 15) is 4.79 Å². The molecule has 0 aromatic heterocycles. The number of carbonyl (C=O) groups excluding carboxylic acids is 1. The van der Waals surface area contributed by atoms with Crippen LogP contribution in [-0.2, 0) is 9.53 Å². The number of hydrogen-bond donors (Lipinski definition) is 1. The van der Waals surface area contributed by atoms with Crippen molar-refractivity contribution in [2.75, 3.05) is 6.54 Å². The molecule has 6 nitrogen and oxygen atoms in total. The molecule has 66 valence electrons. The van der Waals surface area contributed by atoms with Gasteiger partial charge in [-0.25, -0.2) is 0 Å². The lowest BCUT2D eigenvalue weighted by Gasteiger charge is -2.04. The summed E-state index contributed by atoms with van der Waals surface area (Å²) in [6, 6.07) is -0.499. The number of esters is 1. The van der Waals surface area contributed by atoms with Gasteiger partial charge in [-0.15, -0.1) is 0 Å². The monoisotopic (exact) mass is 170 g/mol. The van der Waals surface area contributed by atoms with Gasteiger partial charge in [0.25, 0.3) is 0 Å². The summed E-state index contributed by atoms with van der Waals surface area (Å²) in [6.07, 6.45) is 0.918. The lowest BCUT2D eigenvalue weighted by atomic mass is 10.1. The van der Waals surface area contributed by atoms with Gasteiger partial charge < -0.3 is 10.5 Å². The number of azide groups is 1. The minimum Gasteiger partial charge on any atom is -0.461 e. The third-order valence-corrected chi connectivity index (χ3v) is 1.72. The molecule has 0 aromatic carbocycles. The lowest BCUT2D eigenvalue weighted by Crippen LogP contribution is -2.24.